The number of H-pyrrole nitrogens is 1. The summed E-state index contributed by atoms with van der Waals surface area (Å²) in [4.78, 5) is 6.89. The molecule has 1 atom stereocenters. The molecule has 2 heterocycles. The summed E-state index contributed by atoms with van der Waals surface area (Å²) in [5.41, 5.74) is 1.32. The smallest absolute Gasteiger partial charge is 0.221 e. The van der Waals surface area contributed by atoms with Crippen LogP contribution < -0.4 is 4.90 Å². The molecule has 0 amide bonds. The molecular weight excluding hydrogens is 300 g/mol. The van der Waals surface area contributed by atoms with Crippen molar-refractivity contribution in [2.75, 3.05) is 7.05 Å². The van der Waals surface area contributed by atoms with E-state index in [9.17, 15) is 0 Å². The molecule has 0 bridgehead atoms. The molecule has 0 aliphatic heterocycles. The normalized spacial score (nSPS) is 12.4. The topological polar surface area (TPSA) is 38.0 Å². The van der Waals surface area contributed by atoms with Crippen LogP contribution in [0.4, 0.5) is 0 Å². The summed E-state index contributed by atoms with van der Waals surface area (Å²) in [5, 5.41) is 5.33. The van der Waals surface area contributed by atoms with Gasteiger partial charge in [0.2, 0.25) is 4.77 Å². The standard InChI is InChI=1S/C15H16N4S2/c1-18(10-12-6-3-2-4-7-12)11-19-15(20)16-14(17-19)13-8-5-9-21-13/h2-9H,10-11H2,1H3,(H,16,17,20)/p+1. The van der Waals surface area contributed by atoms with Crippen LogP contribution in [-0.2, 0) is 13.2 Å². The fourth-order valence-corrected chi connectivity index (χ4v) is 3.12. The summed E-state index contributed by atoms with van der Waals surface area (Å²) in [6.45, 7) is 1.72. The SMILES string of the molecule is C[NH+](Cc1ccccc1)Cn1[nH]c(-c2cccs2)nc1=S. The van der Waals surface area contributed by atoms with Gasteiger partial charge in [-0.1, -0.05) is 36.4 Å². The largest absolute Gasteiger partial charge is 0.315 e. The zero-order chi connectivity index (χ0) is 14.7. The van der Waals surface area contributed by atoms with Gasteiger partial charge in [-0.15, -0.1) is 11.3 Å². The molecule has 3 aromatic rings. The van der Waals surface area contributed by atoms with E-state index in [1.165, 1.54) is 10.5 Å². The van der Waals surface area contributed by atoms with Crippen molar-refractivity contribution in [3.8, 4) is 10.7 Å². The fraction of sp³-hybridized carbons (Fsp3) is 0.200. The molecule has 6 heteroatoms. The third-order valence-corrected chi connectivity index (χ3v) is 4.40. The molecule has 108 valence electrons. The second-order valence-corrected chi connectivity index (χ2v) is 6.35. The minimum absolute atomic E-state index is 0.603. The lowest BCUT2D eigenvalue weighted by Gasteiger charge is -2.14. The van der Waals surface area contributed by atoms with Gasteiger partial charge in [0.05, 0.1) is 11.9 Å². The van der Waals surface area contributed by atoms with E-state index in [1.54, 1.807) is 11.3 Å². The van der Waals surface area contributed by atoms with Crippen molar-refractivity contribution in [3.05, 3.63) is 58.2 Å². The molecule has 1 aromatic carbocycles. The highest BCUT2D eigenvalue weighted by atomic mass is 32.1. The summed E-state index contributed by atoms with van der Waals surface area (Å²) in [5.74, 6) is 0.850. The van der Waals surface area contributed by atoms with Gasteiger partial charge >= 0.3 is 0 Å². The second kappa shape index (κ2) is 6.34. The van der Waals surface area contributed by atoms with Crippen LogP contribution in [0.15, 0.2) is 47.8 Å². The summed E-state index contributed by atoms with van der Waals surface area (Å²) >= 11 is 7.00. The van der Waals surface area contributed by atoms with E-state index >= 15 is 0 Å². The van der Waals surface area contributed by atoms with E-state index in [4.69, 9.17) is 12.2 Å². The van der Waals surface area contributed by atoms with E-state index in [0.717, 1.165) is 23.9 Å². The first kappa shape index (κ1) is 14.2. The van der Waals surface area contributed by atoms with E-state index in [-0.39, 0.29) is 0 Å². The van der Waals surface area contributed by atoms with Gasteiger partial charge in [-0.25, -0.2) is 4.68 Å². The van der Waals surface area contributed by atoms with Crippen molar-refractivity contribution >= 4 is 23.6 Å². The van der Waals surface area contributed by atoms with Crippen molar-refractivity contribution in [1.82, 2.24) is 14.8 Å². The molecule has 0 aliphatic carbocycles. The minimum Gasteiger partial charge on any atom is -0.315 e. The monoisotopic (exact) mass is 317 g/mol. The Morgan fingerprint density at radius 1 is 1.24 bits per heavy atom. The third-order valence-electron chi connectivity index (χ3n) is 3.21. The van der Waals surface area contributed by atoms with E-state index in [1.807, 2.05) is 28.3 Å². The van der Waals surface area contributed by atoms with Gasteiger partial charge in [0.1, 0.15) is 6.54 Å². The quantitative estimate of drug-likeness (QED) is 0.709. The minimum atomic E-state index is 0.603. The van der Waals surface area contributed by atoms with Crippen LogP contribution in [0, 0.1) is 4.77 Å². The van der Waals surface area contributed by atoms with Gasteiger partial charge in [0.15, 0.2) is 12.5 Å². The lowest BCUT2D eigenvalue weighted by molar-refractivity contribution is -0.917. The van der Waals surface area contributed by atoms with E-state index in [2.05, 4.69) is 41.4 Å². The summed E-state index contributed by atoms with van der Waals surface area (Å²) in [6.07, 6.45) is 0. The molecule has 0 saturated carbocycles. The van der Waals surface area contributed by atoms with E-state index < -0.39 is 0 Å². The molecule has 1 unspecified atom stereocenters. The lowest BCUT2D eigenvalue weighted by Crippen LogP contribution is -3.07. The van der Waals surface area contributed by atoms with Gasteiger partial charge < -0.3 is 4.90 Å². The number of aromatic nitrogens is 3. The number of aromatic amines is 1. The second-order valence-electron chi connectivity index (χ2n) is 5.04. The Morgan fingerprint density at radius 3 is 2.76 bits per heavy atom. The average Bonchev–Trinajstić information content (AvgIpc) is 3.10. The highest BCUT2D eigenvalue weighted by Gasteiger charge is 2.09. The lowest BCUT2D eigenvalue weighted by atomic mass is 10.2. The zero-order valence-corrected chi connectivity index (χ0v) is 13.4. The molecule has 0 radical (unpaired) electrons. The number of hydrogen-bond acceptors (Lipinski definition) is 3. The molecule has 21 heavy (non-hydrogen) atoms. The predicted octanol–water partition coefficient (Wildman–Crippen LogP) is 2.34. The van der Waals surface area contributed by atoms with Crippen LogP contribution in [0.25, 0.3) is 10.7 Å². The highest BCUT2D eigenvalue weighted by molar-refractivity contribution is 7.71. The molecule has 0 aliphatic rings. The molecule has 4 nitrogen and oxygen atoms in total. The van der Waals surface area contributed by atoms with Crippen molar-refractivity contribution in [1.29, 1.82) is 0 Å². The molecule has 3 rings (SSSR count). The maximum atomic E-state index is 5.34. The number of nitrogens with one attached hydrogen (secondary N) is 2. The van der Waals surface area contributed by atoms with Crippen molar-refractivity contribution in [2.45, 2.75) is 13.2 Å². The van der Waals surface area contributed by atoms with Crippen LogP contribution in [0.5, 0.6) is 0 Å². The van der Waals surface area contributed by atoms with Gasteiger partial charge in [0, 0.05) is 5.56 Å². The Kier molecular flexibility index (Phi) is 4.28. The Hall–Kier alpha value is -1.76. The summed E-state index contributed by atoms with van der Waals surface area (Å²) < 4.78 is 2.54. The maximum absolute atomic E-state index is 5.34. The number of nitrogens with zero attached hydrogens (tertiary/aromatic N) is 2. The van der Waals surface area contributed by atoms with Crippen LogP contribution in [-0.4, -0.2) is 21.8 Å². The fourth-order valence-electron chi connectivity index (χ4n) is 2.26. The van der Waals surface area contributed by atoms with Crippen molar-refractivity contribution in [3.63, 3.8) is 0 Å². The molecular formula is C15H17N4S2+. The first-order valence-corrected chi connectivity index (χ1v) is 8.07. The van der Waals surface area contributed by atoms with Crippen molar-refractivity contribution in [2.24, 2.45) is 0 Å². The number of thiophene rings is 1. The van der Waals surface area contributed by atoms with Gasteiger partial charge in [0.25, 0.3) is 0 Å². The van der Waals surface area contributed by atoms with Crippen molar-refractivity contribution < 1.29 is 4.90 Å². The average molecular weight is 317 g/mol. The molecule has 0 saturated heterocycles. The molecule has 0 fully saturated rings. The number of rotatable bonds is 5. The van der Waals surface area contributed by atoms with E-state index in [0.29, 0.717) is 4.77 Å². The Morgan fingerprint density at radius 2 is 2.05 bits per heavy atom. The molecule has 2 N–H and O–H groups in total. The van der Waals surface area contributed by atoms with Crippen LogP contribution in [0.2, 0.25) is 0 Å². The first-order valence-electron chi connectivity index (χ1n) is 6.78. The summed E-state index contributed by atoms with van der Waals surface area (Å²) in [7, 11) is 2.15. The van der Waals surface area contributed by atoms with Crippen LogP contribution in [0.1, 0.15) is 5.56 Å². The van der Waals surface area contributed by atoms with Crippen LogP contribution in [0.3, 0.4) is 0 Å². The Labute approximate surface area is 132 Å². The molecule has 0 spiro atoms. The first-order chi connectivity index (χ1) is 10.2. The molecule has 2 aromatic heterocycles. The van der Waals surface area contributed by atoms with Gasteiger partial charge in [-0.05, 0) is 23.7 Å². The van der Waals surface area contributed by atoms with Gasteiger partial charge in [-0.2, -0.15) is 4.98 Å². The Bertz CT molecular complexity index is 744. The number of quaternary nitrogens is 1. The zero-order valence-electron chi connectivity index (χ0n) is 11.7. The number of hydrogen-bond donors (Lipinski definition) is 2. The third kappa shape index (κ3) is 3.47. The predicted molar refractivity (Wildman–Crippen MR) is 87.8 cm³/mol. The van der Waals surface area contributed by atoms with Crippen LogP contribution >= 0.6 is 23.6 Å². The highest BCUT2D eigenvalue weighted by Crippen LogP contribution is 2.20. The maximum Gasteiger partial charge on any atom is 0.221 e. The number of benzene rings is 1. The Balaban J connectivity index is 1.72. The summed E-state index contributed by atoms with van der Waals surface area (Å²) in [6, 6.07) is 14.5. The van der Waals surface area contributed by atoms with Gasteiger partial charge in [-0.3, -0.25) is 5.10 Å².